The fraction of sp³-hybridized carbons (Fsp3) is 0.333. The minimum atomic E-state index is -0.862. The minimum Gasteiger partial charge on any atom is -0.493 e. The van der Waals surface area contributed by atoms with Crippen LogP contribution in [0.25, 0.3) is 11.1 Å². The number of benzene rings is 1. The summed E-state index contributed by atoms with van der Waals surface area (Å²) in [6.45, 7) is 11.6. The van der Waals surface area contributed by atoms with Crippen LogP contribution in [0.15, 0.2) is 39.3 Å². The number of allylic oxidation sites excluding steroid dienone is 1. The third-order valence-electron chi connectivity index (χ3n) is 7.96. The zero-order valence-electron chi connectivity index (χ0n) is 26.6. The van der Waals surface area contributed by atoms with Crippen LogP contribution in [0.3, 0.4) is 0 Å². The molecule has 4 aromatic rings. The molecular formula is C33H34N4O6S2. The highest BCUT2D eigenvalue weighted by molar-refractivity contribution is 7.15. The van der Waals surface area contributed by atoms with Crippen LogP contribution in [0.5, 0.6) is 17.2 Å². The first-order valence-corrected chi connectivity index (χ1v) is 15.8. The second kappa shape index (κ2) is 12.4. The summed E-state index contributed by atoms with van der Waals surface area (Å²) in [5.74, 6) is 0.593. The maximum atomic E-state index is 14.3. The number of carbonyl (C=O) groups excluding carboxylic acids is 1. The van der Waals surface area contributed by atoms with Gasteiger partial charge in [0.15, 0.2) is 16.3 Å². The first kappa shape index (κ1) is 31.8. The number of aryl methyl sites for hydroxylation is 2. The highest BCUT2D eigenvalue weighted by Crippen LogP contribution is 2.42. The Bertz CT molecular complexity index is 2080. The average Bonchev–Trinajstić information content (AvgIpc) is 3.59. The van der Waals surface area contributed by atoms with Crippen molar-refractivity contribution in [3.05, 3.63) is 87.7 Å². The zero-order valence-corrected chi connectivity index (χ0v) is 28.3. The molecule has 1 aromatic carbocycles. The summed E-state index contributed by atoms with van der Waals surface area (Å²) in [7, 11) is 4.53. The van der Waals surface area contributed by atoms with Gasteiger partial charge in [-0.25, -0.2) is 9.79 Å². The molecule has 234 valence electrons. The molecule has 0 amide bonds. The van der Waals surface area contributed by atoms with E-state index in [1.165, 1.54) is 37.2 Å². The summed E-state index contributed by atoms with van der Waals surface area (Å²) in [4.78, 5) is 33.9. The highest BCUT2D eigenvalue weighted by atomic mass is 32.1. The molecule has 0 N–H and O–H groups in total. The van der Waals surface area contributed by atoms with Gasteiger partial charge in [-0.15, -0.1) is 11.3 Å². The molecule has 0 spiro atoms. The van der Waals surface area contributed by atoms with Crippen molar-refractivity contribution in [1.82, 2.24) is 9.13 Å². The Morgan fingerprint density at radius 1 is 1.04 bits per heavy atom. The lowest BCUT2D eigenvalue weighted by Gasteiger charge is -2.26. The normalized spacial score (nSPS) is 14.6. The second-order valence-electron chi connectivity index (χ2n) is 10.5. The molecule has 10 nitrogen and oxygen atoms in total. The van der Waals surface area contributed by atoms with Crippen molar-refractivity contribution in [1.29, 1.82) is 5.26 Å². The molecule has 4 heterocycles. The summed E-state index contributed by atoms with van der Waals surface area (Å²) >= 11 is 2.82. The summed E-state index contributed by atoms with van der Waals surface area (Å²) in [6.07, 6.45) is 1.84. The topological polar surface area (TPSA) is 117 Å². The van der Waals surface area contributed by atoms with Crippen molar-refractivity contribution in [2.75, 3.05) is 27.9 Å². The molecule has 0 saturated carbocycles. The highest BCUT2D eigenvalue weighted by Gasteiger charge is 2.35. The monoisotopic (exact) mass is 646 g/mol. The predicted molar refractivity (Wildman–Crippen MR) is 174 cm³/mol. The van der Waals surface area contributed by atoms with E-state index < -0.39 is 12.0 Å². The Balaban J connectivity index is 1.75. The van der Waals surface area contributed by atoms with E-state index >= 15 is 0 Å². The molecule has 0 aliphatic carbocycles. The summed E-state index contributed by atoms with van der Waals surface area (Å²) in [5.41, 5.74) is 5.27. The molecule has 12 heteroatoms. The minimum absolute atomic E-state index is 0.161. The van der Waals surface area contributed by atoms with Crippen molar-refractivity contribution in [3.63, 3.8) is 0 Å². The number of hydrogen-bond donors (Lipinski definition) is 0. The van der Waals surface area contributed by atoms with Crippen LogP contribution < -0.4 is 29.1 Å². The first-order chi connectivity index (χ1) is 21.5. The number of nitrogens with zero attached hydrogens (tertiary/aromatic N) is 4. The molecule has 0 unspecified atom stereocenters. The lowest BCUT2D eigenvalue weighted by atomic mass is 9.95. The molecule has 45 heavy (non-hydrogen) atoms. The van der Waals surface area contributed by atoms with Crippen LogP contribution in [0.1, 0.15) is 58.4 Å². The molecule has 0 fully saturated rings. The maximum Gasteiger partial charge on any atom is 0.338 e. The fourth-order valence-electron chi connectivity index (χ4n) is 5.65. The Labute approximate surface area is 268 Å². The fourth-order valence-corrected chi connectivity index (χ4v) is 7.91. The second-order valence-corrected chi connectivity index (χ2v) is 12.7. The Hall–Kier alpha value is -4.60. The summed E-state index contributed by atoms with van der Waals surface area (Å²) in [5, 5.41) is 10.7. The van der Waals surface area contributed by atoms with Crippen molar-refractivity contribution >= 4 is 34.7 Å². The number of thiazole rings is 1. The summed E-state index contributed by atoms with van der Waals surface area (Å²) < 4.78 is 26.2. The smallest absolute Gasteiger partial charge is 0.338 e. The molecule has 0 radical (unpaired) electrons. The lowest BCUT2D eigenvalue weighted by Crippen LogP contribution is -2.40. The number of ether oxygens (including phenoxy) is 4. The SMILES string of the molecule is CCOC(=O)C1=C(C)N=c2s/c(=C/c3cc(C)n(-c4sc(C)c(C)c4C#N)c3C)c(=O)n2[C@H]1c1cc(OC)c(OC)c(OC)c1. The maximum absolute atomic E-state index is 14.3. The molecule has 1 aliphatic heterocycles. The van der Waals surface area contributed by atoms with Gasteiger partial charge in [0.1, 0.15) is 11.1 Å². The Morgan fingerprint density at radius 3 is 2.29 bits per heavy atom. The van der Waals surface area contributed by atoms with E-state index in [1.54, 1.807) is 37.3 Å². The van der Waals surface area contributed by atoms with Crippen LogP contribution in [0.2, 0.25) is 0 Å². The van der Waals surface area contributed by atoms with E-state index in [-0.39, 0.29) is 17.7 Å². The van der Waals surface area contributed by atoms with E-state index in [1.807, 2.05) is 39.8 Å². The van der Waals surface area contributed by atoms with Gasteiger partial charge in [0.05, 0.1) is 55.3 Å². The number of nitriles is 1. The van der Waals surface area contributed by atoms with Gasteiger partial charge < -0.3 is 23.5 Å². The van der Waals surface area contributed by atoms with E-state index in [0.29, 0.717) is 43.4 Å². The number of aromatic nitrogens is 2. The van der Waals surface area contributed by atoms with Crippen molar-refractivity contribution in [3.8, 4) is 28.3 Å². The van der Waals surface area contributed by atoms with Gasteiger partial charge in [0, 0.05) is 16.3 Å². The lowest BCUT2D eigenvalue weighted by molar-refractivity contribution is -0.139. The molecule has 0 saturated heterocycles. The number of hydrogen-bond acceptors (Lipinski definition) is 10. The third kappa shape index (κ3) is 5.26. The molecule has 0 bridgehead atoms. The van der Waals surface area contributed by atoms with Crippen LogP contribution in [-0.4, -0.2) is 43.0 Å². The number of thiophene rings is 1. The Morgan fingerprint density at radius 2 is 1.71 bits per heavy atom. The van der Waals surface area contributed by atoms with Gasteiger partial charge >= 0.3 is 5.97 Å². The van der Waals surface area contributed by atoms with E-state index in [4.69, 9.17) is 18.9 Å². The number of methoxy groups -OCH3 is 3. The van der Waals surface area contributed by atoms with Crippen LogP contribution in [0, 0.1) is 39.0 Å². The largest absolute Gasteiger partial charge is 0.493 e. The van der Waals surface area contributed by atoms with E-state index in [9.17, 15) is 14.9 Å². The van der Waals surface area contributed by atoms with Crippen molar-refractivity contribution in [2.45, 2.75) is 47.6 Å². The first-order valence-electron chi connectivity index (χ1n) is 14.2. The zero-order chi connectivity index (χ0) is 32.7. The average molecular weight is 647 g/mol. The number of rotatable bonds is 8. The van der Waals surface area contributed by atoms with Crippen LogP contribution >= 0.6 is 22.7 Å². The number of fused-ring (bicyclic) bond motifs is 1. The molecular weight excluding hydrogens is 613 g/mol. The Kier molecular flexibility index (Phi) is 8.78. The van der Waals surface area contributed by atoms with Gasteiger partial charge in [-0.2, -0.15) is 5.26 Å². The van der Waals surface area contributed by atoms with Crippen LogP contribution in [0.4, 0.5) is 0 Å². The van der Waals surface area contributed by atoms with Gasteiger partial charge in [-0.1, -0.05) is 11.3 Å². The van der Waals surface area contributed by atoms with Crippen molar-refractivity contribution < 1.29 is 23.7 Å². The third-order valence-corrected chi connectivity index (χ3v) is 10.1. The summed E-state index contributed by atoms with van der Waals surface area (Å²) in [6, 6.07) is 6.96. The standard InChI is InChI=1S/C33H34N4O6S2/c1-10-43-32(39)27-18(4)35-33-37(28(27)22-12-24(40-7)29(42-9)25(13-22)41-8)30(38)26(45-33)14-21-11-16(2)36(19(21)5)31-23(15-34)17(3)20(6)44-31/h11-14,28H,10H2,1-9H3/b26-14+/t28-/m0/s1. The van der Waals surface area contributed by atoms with Gasteiger partial charge in [-0.05, 0) is 82.5 Å². The molecule has 1 atom stereocenters. The quantitative estimate of drug-likeness (QED) is 0.253. The van der Waals surface area contributed by atoms with Gasteiger partial charge in [-0.3, -0.25) is 9.36 Å². The van der Waals surface area contributed by atoms with Crippen LogP contribution in [-0.2, 0) is 9.53 Å². The number of carbonyl (C=O) groups is 1. The van der Waals surface area contributed by atoms with E-state index in [0.717, 1.165) is 32.4 Å². The van der Waals surface area contributed by atoms with Crippen molar-refractivity contribution in [2.24, 2.45) is 4.99 Å². The molecule has 3 aromatic heterocycles. The van der Waals surface area contributed by atoms with Gasteiger partial charge in [0.2, 0.25) is 5.75 Å². The predicted octanol–water partition coefficient (Wildman–Crippen LogP) is 4.78. The molecule has 1 aliphatic rings. The van der Waals surface area contributed by atoms with E-state index in [2.05, 4.69) is 15.6 Å². The number of esters is 1. The van der Waals surface area contributed by atoms with Gasteiger partial charge in [0.25, 0.3) is 5.56 Å². The molecule has 5 rings (SSSR count).